The van der Waals surface area contributed by atoms with Crippen molar-refractivity contribution in [3.63, 3.8) is 0 Å². The Hall–Kier alpha value is -1.28. The Morgan fingerprint density at radius 3 is 0.929 bits per heavy atom. The molecule has 0 fully saturated rings. The van der Waals surface area contributed by atoms with Crippen LogP contribution >= 0.6 is 24.4 Å². The number of nitrogens with zero attached hydrogens (tertiary/aromatic N) is 1. The summed E-state index contributed by atoms with van der Waals surface area (Å²) >= 11 is 3.66. The lowest BCUT2D eigenvalue weighted by Gasteiger charge is -2.29. The summed E-state index contributed by atoms with van der Waals surface area (Å²) in [5.74, 6) is -1.86. The normalized spacial score (nSPS) is 14.3. The van der Waals surface area contributed by atoms with Crippen LogP contribution in [0.15, 0.2) is 0 Å². The lowest BCUT2D eigenvalue weighted by atomic mass is 9.99. The summed E-state index contributed by atoms with van der Waals surface area (Å²) < 4.78 is 250. The van der Waals surface area contributed by atoms with Gasteiger partial charge in [0.1, 0.15) is 0 Å². The van der Waals surface area contributed by atoms with Gasteiger partial charge in [0, 0.05) is 18.6 Å². The third-order valence-electron chi connectivity index (χ3n) is 4.49. The molecule has 0 saturated carbocycles. The minimum atomic E-state index is -6.00. The van der Waals surface area contributed by atoms with E-state index in [1.807, 2.05) is 0 Å². The molecule has 0 aromatic rings. The van der Waals surface area contributed by atoms with Gasteiger partial charge in [0.25, 0.3) is 22.9 Å². The SMILES string of the molecule is CCCC(F)(C(F)(F)F)C(F)(F)F.FC(F)(F)C(F)(CCS)C(F)(F)F.[C-]#[N+]CSCCC(F)(C(F)(F)F)C(F)(F)F. The molecule has 0 spiro atoms. The maximum absolute atomic E-state index is 12.9. The van der Waals surface area contributed by atoms with E-state index < -0.39 is 91.3 Å². The van der Waals surface area contributed by atoms with Gasteiger partial charge in [0.05, 0.1) is 0 Å². The molecule has 0 saturated heterocycles. The van der Waals surface area contributed by atoms with Crippen molar-refractivity contribution in [3.05, 3.63) is 11.4 Å². The Morgan fingerprint density at radius 2 is 0.762 bits per heavy atom. The Morgan fingerprint density at radius 1 is 0.500 bits per heavy atom. The fraction of sp³-hybridized carbons (Fsp3) is 0.944. The van der Waals surface area contributed by atoms with Gasteiger partial charge in [0.15, 0.2) is 0 Å². The van der Waals surface area contributed by atoms with E-state index in [0.29, 0.717) is 11.8 Å². The number of hydrogen-bond acceptors (Lipinski definition) is 2. The van der Waals surface area contributed by atoms with Crippen molar-refractivity contribution in [1.82, 2.24) is 0 Å². The van der Waals surface area contributed by atoms with E-state index in [2.05, 4.69) is 17.5 Å². The number of alkyl halides is 21. The zero-order valence-corrected chi connectivity index (χ0v) is 21.9. The third-order valence-corrected chi connectivity index (χ3v) is 5.52. The first kappa shape index (κ1) is 45.2. The summed E-state index contributed by atoms with van der Waals surface area (Å²) in [6.07, 6.45) is -41.3. The number of rotatable bonds is 8. The molecule has 0 radical (unpaired) electrons. The minimum absolute atomic E-state index is 0.300. The Kier molecular flexibility index (Phi) is 16.8. The molecule has 254 valence electrons. The highest BCUT2D eigenvalue weighted by Gasteiger charge is 2.73. The zero-order chi connectivity index (χ0) is 34.9. The number of hydrogen-bond donors (Lipinski definition) is 1. The van der Waals surface area contributed by atoms with Crippen LogP contribution in [0.2, 0.25) is 0 Å². The summed E-state index contributed by atoms with van der Waals surface area (Å²) in [5, 5.41) is 0. The van der Waals surface area contributed by atoms with Crippen molar-refractivity contribution in [2.24, 2.45) is 0 Å². The van der Waals surface area contributed by atoms with Crippen LogP contribution in [-0.2, 0) is 0 Å². The summed E-state index contributed by atoms with van der Waals surface area (Å²) in [5.41, 5.74) is -15.4. The molecule has 0 heterocycles. The van der Waals surface area contributed by atoms with Crippen molar-refractivity contribution in [1.29, 1.82) is 0 Å². The molecule has 0 amide bonds. The molecule has 1 nitrogen and oxygen atoms in total. The fourth-order valence-electron chi connectivity index (χ4n) is 2.15. The van der Waals surface area contributed by atoms with Gasteiger partial charge in [0.2, 0.25) is 0 Å². The van der Waals surface area contributed by atoms with Crippen molar-refractivity contribution < 1.29 is 92.2 Å². The third kappa shape index (κ3) is 12.0. The molecule has 42 heavy (non-hydrogen) atoms. The molecule has 0 N–H and O–H groups in total. The first-order valence-corrected chi connectivity index (χ1v) is 12.0. The second kappa shape index (κ2) is 15.6. The second-order valence-corrected chi connectivity index (χ2v) is 9.08. The average Bonchev–Trinajstić information content (AvgIpc) is 2.73. The van der Waals surface area contributed by atoms with Gasteiger partial charge in [-0.15, -0.1) is 0 Å². The van der Waals surface area contributed by atoms with Crippen LogP contribution in [0.5, 0.6) is 0 Å². The van der Waals surface area contributed by atoms with Crippen LogP contribution < -0.4 is 0 Å². The Balaban J connectivity index is -0.000000548. The zero-order valence-electron chi connectivity index (χ0n) is 20.2. The van der Waals surface area contributed by atoms with Gasteiger partial charge in [-0.3, -0.25) is 0 Å². The fourth-order valence-corrected chi connectivity index (χ4v) is 3.11. The van der Waals surface area contributed by atoms with E-state index in [1.165, 1.54) is 0 Å². The van der Waals surface area contributed by atoms with Crippen molar-refractivity contribution in [2.75, 3.05) is 17.4 Å². The van der Waals surface area contributed by atoms with Gasteiger partial charge in [-0.2, -0.15) is 91.7 Å². The topological polar surface area (TPSA) is 4.36 Å². The Bertz CT molecular complexity index is 731. The second-order valence-electron chi connectivity index (χ2n) is 7.56. The molecule has 0 aliphatic heterocycles. The largest absolute Gasteiger partial charge is 0.431 e. The highest BCUT2D eigenvalue weighted by Crippen LogP contribution is 2.50. The lowest BCUT2D eigenvalue weighted by Crippen LogP contribution is -2.53. The predicted octanol–water partition coefficient (Wildman–Crippen LogP) is 10.6. The van der Waals surface area contributed by atoms with Crippen molar-refractivity contribution >= 4 is 24.4 Å². The van der Waals surface area contributed by atoms with Crippen LogP contribution in [0.4, 0.5) is 92.2 Å². The summed E-state index contributed by atoms with van der Waals surface area (Å²) in [4.78, 5) is 2.71. The molecule has 0 bridgehead atoms. The standard InChI is InChI=1S/C7H6F7NS.C6H7F7.C5H5F7S/c1-15-4-16-3-2-5(8,6(9,10)11)7(12,13)14;1-2-3-4(7,5(8,9)10)6(11,12)13;6-3(1-2-13,4(7,8)9)5(10,11)12/h2-4H2;2-3H2,1H3;13H,1-2H2. The first-order valence-electron chi connectivity index (χ1n) is 10.2. The van der Waals surface area contributed by atoms with E-state index in [0.717, 1.165) is 6.92 Å². The molecule has 24 heteroatoms. The quantitative estimate of drug-likeness (QED) is 0.114. The van der Waals surface area contributed by atoms with Gasteiger partial charge in [-0.1, -0.05) is 25.1 Å². The molecule has 0 aromatic heterocycles. The van der Waals surface area contributed by atoms with E-state index in [4.69, 9.17) is 6.57 Å². The van der Waals surface area contributed by atoms with Crippen LogP contribution in [0.3, 0.4) is 0 Å². The monoisotopic (exact) mass is 711 g/mol. The molecule has 0 aromatic carbocycles. The van der Waals surface area contributed by atoms with Crippen molar-refractivity contribution in [3.8, 4) is 0 Å². The summed E-state index contributed by atoms with van der Waals surface area (Å²) in [6, 6.07) is 0. The Labute approximate surface area is 232 Å². The van der Waals surface area contributed by atoms with Crippen LogP contribution in [0.25, 0.3) is 4.85 Å². The van der Waals surface area contributed by atoms with Gasteiger partial charge in [-0.05, 0) is 12.2 Å². The minimum Gasteiger partial charge on any atom is -0.305 e. The van der Waals surface area contributed by atoms with Crippen molar-refractivity contribution in [2.45, 2.75) is 86.7 Å². The van der Waals surface area contributed by atoms with Gasteiger partial charge >= 0.3 is 37.1 Å². The number of thiol groups is 1. The van der Waals surface area contributed by atoms with Crippen LogP contribution in [0.1, 0.15) is 32.6 Å². The van der Waals surface area contributed by atoms with Gasteiger partial charge in [-0.25, -0.2) is 19.7 Å². The van der Waals surface area contributed by atoms with E-state index in [1.54, 1.807) is 0 Å². The molecule has 0 unspecified atom stereocenters. The van der Waals surface area contributed by atoms with Crippen LogP contribution in [0, 0.1) is 6.57 Å². The first-order chi connectivity index (χ1) is 18.2. The maximum Gasteiger partial charge on any atom is 0.431 e. The molecule has 0 atom stereocenters. The molecular formula is C18H18F21NS2. The number of halogens is 21. The molecule has 0 aliphatic carbocycles. The summed E-state index contributed by atoms with van der Waals surface area (Å²) in [6.45, 7) is 7.30. The van der Waals surface area contributed by atoms with Crippen LogP contribution in [-0.4, -0.2) is 71.4 Å². The predicted molar refractivity (Wildman–Crippen MR) is 110 cm³/mol. The van der Waals surface area contributed by atoms with E-state index >= 15 is 0 Å². The molecule has 0 aliphatic rings. The maximum atomic E-state index is 12.9. The summed E-state index contributed by atoms with van der Waals surface area (Å²) in [7, 11) is 0. The molecular weight excluding hydrogens is 693 g/mol. The highest BCUT2D eigenvalue weighted by molar-refractivity contribution is 7.99. The van der Waals surface area contributed by atoms with E-state index in [-0.39, 0.29) is 5.88 Å². The van der Waals surface area contributed by atoms with Gasteiger partial charge < -0.3 is 4.85 Å². The number of thioether (sulfide) groups is 1. The van der Waals surface area contributed by atoms with E-state index in [9.17, 15) is 92.2 Å². The highest BCUT2D eigenvalue weighted by atomic mass is 32.2. The smallest absolute Gasteiger partial charge is 0.305 e. The average molecular weight is 711 g/mol. The lowest BCUT2D eigenvalue weighted by molar-refractivity contribution is -0.343. The molecule has 0 rings (SSSR count).